The van der Waals surface area contributed by atoms with Crippen molar-refractivity contribution in [3.63, 3.8) is 0 Å². The summed E-state index contributed by atoms with van der Waals surface area (Å²) < 4.78 is 50.5. The number of aryl methyl sites for hydroxylation is 4. The van der Waals surface area contributed by atoms with Crippen LogP contribution in [-0.4, -0.2) is 9.13 Å². The molecule has 12 rings (SSSR count). The van der Waals surface area contributed by atoms with Crippen molar-refractivity contribution in [3.05, 3.63) is 240 Å². The van der Waals surface area contributed by atoms with E-state index in [0.29, 0.717) is 22.5 Å². The van der Waals surface area contributed by atoms with Gasteiger partial charge in [0.05, 0.1) is 44.6 Å². The van der Waals surface area contributed by atoms with Gasteiger partial charge in [-0.2, -0.15) is 18.4 Å². The van der Waals surface area contributed by atoms with E-state index in [4.69, 9.17) is 0 Å². The smallest absolute Gasteiger partial charge is 0.309 e. The van der Waals surface area contributed by atoms with E-state index in [2.05, 4.69) is 196 Å². The maximum atomic E-state index is 15.5. The van der Waals surface area contributed by atoms with Gasteiger partial charge in [-0.15, -0.1) is 0 Å². The molecule has 0 aliphatic heterocycles. The lowest BCUT2D eigenvalue weighted by Gasteiger charge is -2.21. The van der Waals surface area contributed by atoms with Crippen LogP contribution < -0.4 is 0 Å². The van der Waals surface area contributed by atoms with Crippen LogP contribution in [0, 0.1) is 39.0 Å². The largest absolute Gasteiger partial charge is 0.417 e. The third kappa shape index (κ3) is 7.62. The molecule has 0 amide bonds. The summed E-state index contributed by atoms with van der Waals surface area (Å²) in [5, 5.41) is 15.2. The van der Waals surface area contributed by atoms with Gasteiger partial charge >= 0.3 is 6.18 Å². The number of rotatable bonds is 7. The van der Waals surface area contributed by atoms with Crippen LogP contribution in [0.5, 0.6) is 0 Å². The van der Waals surface area contributed by atoms with Gasteiger partial charge in [0.25, 0.3) is 0 Å². The molecule has 0 unspecified atom stereocenters. The minimum Gasteiger partial charge on any atom is -0.309 e. The van der Waals surface area contributed by atoms with Crippen molar-refractivity contribution in [3.8, 4) is 73.1 Å². The molecule has 0 aliphatic rings. The SMILES string of the molecule is Cc1cccc(-c2ccc3c(c2)c2cc(-c4cccc(C)c4)ccc2n3-c2cc(-c3ccccc3C(F)(F)F)c(-n3c4ccc(-c5cccc(C)c5)cc4c4cc(-c5cccc(C)c5)ccc43)cc2C#N)c1. The molecule has 0 saturated carbocycles. The van der Waals surface area contributed by atoms with Gasteiger partial charge < -0.3 is 9.13 Å². The minimum absolute atomic E-state index is 0.0118. The van der Waals surface area contributed by atoms with Crippen LogP contribution in [-0.2, 0) is 6.18 Å². The van der Waals surface area contributed by atoms with Crippen molar-refractivity contribution >= 4 is 43.6 Å². The number of hydrogen-bond donors (Lipinski definition) is 0. The first-order valence-electron chi connectivity index (χ1n) is 24.1. The normalized spacial score (nSPS) is 11.8. The molecule has 0 atom stereocenters. The van der Waals surface area contributed by atoms with Crippen molar-refractivity contribution in [1.29, 1.82) is 5.26 Å². The second-order valence-electron chi connectivity index (χ2n) is 19.1. The predicted molar refractivity (Wildman–Crippen MR) is 291 cm³/mol. The number of halogens is 3. The summed E-state index contributed by atoms with van der Waals surface area (Å²) in [6.07, 6.45) is -4.68. The van der Waals surface area contributed by atoms with Gasteiger partial charge in [0.15, 0.2) is 0 Å². The van der Waals surface area contributed by atoms with E-state index in [-0.39, 0.29) is 5.56 Å². The molecule has 0 radical (unpaired) electrons. The van der Waals surface area contributed by atoms with E-state index >= 15 is 13.2 Å². The van der Waals surface area contributed by atoms with E-state index in [1.807, 2.05) is 16.7 Å². The lowest BCUT2D eigenvalue weighted by molar-refractivity contribution is -0.137. The van der Waals surface area contributed by atoms with Gasteiger partial charge in [0.2, 0.25) is 0 Å². The fraction of sp³-hybridized carbons (Fsp3) is 0.0758. The highest BCUT2D eigenvalue weighted by Crippen LogP contribution is 2.46. The topological polar surface area (TPSA) is 33.6 Å². The lowest BCUT2D eigenvalue weighted by Crippen LogP contribution is -2.09. The standard InChI is InChI=1S/C66H46F3N3/c1-40-11-7-15-44(29-40)48-21-25-60-54(33-48)55-34-49(45-16-8-12-41(2)30-45)22-26-61(55)71(60)64-38-58(53-19-5-6-20-59(53)66(67,68)69)65(37-52(64)39-70)72-62-27-23-50(46-17-9-13-42(3)31-46)35-56(62)57-36-51(24-28-63(57)72)47-18-10-14-43(4)32-47/h5-38H,1-4H3. The lowest BCUT2D eigenvalue weighted by atomic mass is 9.95. The molecule has 6 heteroatoms. The molecule has 2 aromatic heterocycles. The Morgan fingerprint density at radius 3 is 1.04 bits per heavy atom. The van der Waals surface area contributed by atoms with E-state index in [1.165, 1.54) is 6.07 Å². The molecule has 3 nitrogen and oxygen atoms in total. The van der Waals surface area contributed by atoms with Crippen LogP contribution in [0.25, 0.3) is 111 Å². The van der Waals surface area contributed by atoms with E-state index in [9.17, 15) is 5.26 Å². The summed E-state index contributed by atoms with van der Waals surface area (Å²) >= 11 is 0. The van der Waals surface area contributed by atoms with Gasteiger partial charge in [-0.05, 0) is 144 Å². The molecule has 12 aromatic rings. The maximum Gasteiger partial charge on any atom is 0.417 e. The van der Waals surface area contributed by atoms with Crippen molar-refractivity contribution in [2.75, 3.05) is 0 Å². The van der Waals surface area contributed by atoms with Crippen molar-refractivity contribution in [1.82, 2.24) is 9.13 Å². The average molecular weight is 938 g/mol. The third-order valence-corrected chi connectivity index (χ3v) is 14.2. The number of nitriles is 1. The summed E-state index contributed by atoms with van der Waals surface area (Å²) in [5.74, 6) is 0. The van der Waals surface area contributed by atoms with Crippen molar-refractivity contribution in [2.24, 2.45) is 0 Å². The van der Waals surface area contributed by atoms with Gasteiger partial charge in [-0.3, -0.25) is 0 Å². The van der Waals surface area contributed by atoms with Crippen LogP contribution in [0.2, 0.25) is 0 Å². The quantitative estimate of drug-likeness (QED) is 0.157. The maximum absolute atomic E-state index is 15.5. The number of benzene rings is 10. The fourth-order valence-corrected chi connectivity index (χ4v) is 10.8. The Morgan fingerprint density at radius 1 is 0.347 bits per heavy atom. The van der Waals surface area contributed by atoms with Crippen LogP contribution >= 0.6 is 0 Å². The summed E-state index contributed by atoms with van der Waals surface area (Å²) in [6, 6.07) is 70.8. The highest BCUT2D eigenvalue weighted by atomic mass is 19.4. The first-order chi connectivity index (χ1) is 34.9. The number of hydrogen-bond acceptors (Lipinski definition) is 1. The summed E-state index contributed by atoms with van der Waals surface area (Å²) in [5.41, 5.74) is 17.0. The Hall–Kier alpha value is -8.92. The van der Waals surface area contributed by atoms with Crippen LogP contribution in [0.3, 0.4) is 0 Å². The molecule has 10 aromatic carbocycles. The summed E-state index contributed by atoms with van der Waals surface area (Å²) in [7, 11) is 0. The fourth-order valence-electron chi connectivity index (χ4n) is 10.8. The Bertz CT molecular complexity index is 4010. The Kier molecular flexibility index (Phi) is 10.6. The first-order valence-corrected chi connectivity index (χ1v) is 24.1. The van der Waals surface area contributed by atoms with E-state index in [0.717, 1.165) is 116 Å². The van der Waals surface area contributed by atoms with E-state index < -0.39 is 11.7 Å². The molecule has 2 heterocycles. The second kappa shape index (κ2) is 17.2. The Labute approximate surface area is 415 Å². The van der Waals surface area contributed by atoms with Gasteiger partial charge in [-0.25, -0.2) is 0 Å². The molecular weight excluding hydrogens is 892 g/mol. The number of fused-ring (bicyclic) bond motifs is 6. The number of aromatic nitrogens is 2. The molecule has 0 fully saturated rings. The van der Waals surface area contributed by atoms with Crippen molar-refractivity contribution in [2.45, 2.75) is 33.9 Å². The van der Waals surface area contributed by atoms with Crippen LogP contribution in [0.15, 0.2) is 206 Å². The zero-order valence-electron chi connectivity index (χ0n) is 40.1. The molecule has 0 spiro atoms. The predicted octanol–water partition coefficient (Wildman–Crippen LogP) is 18.3. The van der Waals surface area contributed by atoms with Crippen LogP contribution in [0.1, 0.15) is 33.4 Å². The second-order valence-corrected chi connectivity index (χ2v) is 19.1. The molecule has 72 heavy (non-hydrogen) atoms. The van der Waals surface area contributed by atoms with Gasteiger partial charge in [0, 0.05) is 27.1 Å². The minimum atomic E-state index is -4.68. The monoisotopic (exact) mass is 937 g/mol. The zero-order valence-corrected chi connectivity index (χ0v) is 40.1. The van der Waals surface area contributed by atoms with Crippen LogP contribution in [0.4, 0.5) is 13.2 Å². The molecule has 346 valence electrons. The highest BCUT2D eigenvalue weighted by molar-refractivity contribution is 6.14. The highest BCUT2D eigenvalue weighted by Gasteiger charge is 2.35. The van der Waals surface area contributed by atoms with E-state index in [1.54, 1.807) is 24.3 Å². The number of alkyl halides is 3. The number of nitrogens with zero attached hydrogens (tertiary/aromatic N) is 3. The zero-order chi connectivity index (χ0) is 49.4. The third-order valence-electron chi connectivity index (χ3n) is 14.2. The average Bonchev–Trinajstić information content (AvgIpc) is 3.89. The van der Waals surface area contributed by atoms with Gasteiger partial charge in [0.1, 0.15) is 6.07 Å². The molecule has 0 bridgehead atoms. The molecule has 0 N–H and O–H groups in total. The molecule has 0 saturated heterocycles. The molecular formula is C66H46F3N3. The molecule has 0 aliphatic carbocycles. The summed E-state index contributed by atoms with van der Waals surface area (Å²) in [6.45, 7) is 8.30. The first kappa shape index (κ1) is 44.3. The van der Waals surface area contributed by atoms with Gasteiger partial charge in [-0.1, -0.05) is 162 Å². The Balaban J connectivity index is 1.17. The summed E-state index contributed by atoms with van der Waals surface area (Å²) in [4.78, 5) is 0. The van der Waals surface area contributed by atoms with Crippen molar-refractivity contribution < 1.29 is 13.2 Å². The Morgan fingerprint density at radius 2 is 0.694 bits per heavy atom.